The van der Waals surface area contributed by atoms with Crippen LogP contribution in [0, 0.1) is 0 Å². The van der Waals surface area contributed by atoms with Gasteiger partial charge < -0.3 is 30.2 Å². The molecule has 0 aliphatic rings. The van der Waals surface area contributed by atoms with E-state index in [0.717, 1.165) is 35.4 Å². The van der Waals surface area contributed by atoms with Crippen LogP contribution >= 0.6 is 11.6 Å². The van der Waals surface area contributed by atoms with Crippen molar-refractivity contribution < 1.29 is 4.74 Å². The lowest BCUT2D eigenvalue weighted by Crippen LogP contribution is -2.29. The van der Waals surface area contributed by atoms with Gasteiger partial charge in [0.05, 0.1) is 41.1 Å². The molecule has 0 unspecified atom stereocenters. The third-order valence-electron chi connectivity index (χ3n) is 5.61. The van der Waals surface area contributed by atoms with Crippen LogP contribution in [0.3, 0.4) is 0 Å². The Morgan fingerprint density at radius 2 is 1.91 bits per heavy atom. The highest BCUT2D eigenvalue weighted by Gasteiger charge is 2.15. The zero-order valence-electron chi connectivity index (χ0n) is 20.0. The van der Waals surface area contributed by atoms with Crippen molar-refractivity contribution in [2.45, 2.75) is 0 Å². The molecule has 4 rings (SSSR count). The van der Waals surface area contributed by atoms with Crippen molar-refractivity contribution in [1.82, 2.24) is 24.4 Å². The SMILES string of the molecule is COc1cc(N(C)CCN(C)C)c(N)cc1Nc1ncc(Cl)c(-c2cnc3c(ccn3C)c2)n1. The largest absolute Gasteiger partial charge is 0.494 e. The van der Waals surface area contributed by atoms with Crippen molar-refractivity contribution in [3.8, 4) is 17.0 Å². The molecule has 0 radical (unpaired) electrons. The first-order chi connectivity index (χ1) is 16.3. The molecule has 0 saturated carbocycles. The number of nitrogens with zero attached hydrogens (tertiary/aromatic N) is 6. The number of aryl methyl sites for hydroxylation is 1. The molecule has 3 aromatic heterocycles. The first-order valence-corrected chi connectivity index (χ1v) is 11.2. The number of nitrogens with one attached hydrogen (secondary N) is 1. The second-order valence-corrected chi connectivity index (χ2v) is 8.82. The minimum atomic E-state index is 0.374. The Labute approximate surface area is 204 Å². The zero-order chi connectivity index (χ0) is 24.4. The molecule has 3 heterocycles. The molecule has 4 aromatic rings. The van der Waals surface area contributed by atoms with E-state index < -0.39 is 0 Å². The van der Waals surface area contributed by atoms with Crippen molar-refractivity contribution in [2.24, 2.45) is 7.05 Å². The molecule has 0 atom stereocenters. The van der Waals surface area contributed by atoms with Crippen molar-refractivity contribution in [3.05, 3.63) is 47.9 Å². The van der Waals surface area contributed by atoms with E-state index in [1.165, 1.54) is 0 Å². The van der Waals surface area contributed by atoms with Crippen LogP contribution in [0.25, 0.3) is 22.3 Å². The van der Waals surface area contributed by atoms with E-state index in [1.807, 2.05) is 63.2 Å². The van der Waals surface area contributed by atoms with E-state index in [4.69, 9.17) is 22.1 Å². The van der Waals surface area contributed by atoms with E-state index in [1.54, 1.807) is 19.5 Å². The van der Waals surface area contributed by atoms with Gasteiger partial charge in [0, 0.05) is 56.6 Å². The number of nitrogen functional groups attached to an aromatic ring is 1. The summed E-state index contributed by atoms with van der Waals surface area (Å²) < 4.78 is 7.59. The number of fused-ring (bicyclic) bond motifs is 1. The minimum Gasteiger partial charge on any atom is -0.494 e. The second kappa shape index (κ2) is 9.74. The third kappa shape index (κ3) is 4.85. The zero-order valence-corrected chi connectivity index (χ0v) is 20.8. The number of anilines is 4. The second-order valence-electron chi connectivity index (χ2n) is 8.41. The molecule has 3 N–H and O–H groups in total. The fourth-order valence-corrected chi connectivity index (χ4v) is 3.89. The van der Waals surface area contributed by atoms with Crippen molar-refractivity contribution in [1.29, 1.82) is 0 Å². The number of ether oxygens (including phenoxy) is 1. The fourth-order valence-electron chi connectivity index (χ4n) is 3.69. The van der Waals surface area contributed by atoms with Crippen molar-refractivity contribution in [3.63, 3.8) is 0 Å². The van der Waals surface area contributed by atoms with E-state index in [2.05, 4.69) is 30.1 Å². The van der Waals surface area contributed by atoms with Crippen LogP contribution in [0.4, 0.5) is 23.0 Å². The Hall–Kier alpha value is -3.56. The Bertz CT molecular complexity index is 1320. The molecule has 0 spiro atoms. The van der Waals surface area contributed by atoms with Gasteiger partial charge in [0.2, 0.25) is 5.95 Å². The van der Waals surface area contributed by atoms with Gasteiger partial charge in [0.25, 0.3) is 0 Å². The highest BCUT2D eigenvalue weighted by atomic mass is 35.5. The van der Waals surface area contributed by atoms with Crippen molar-refractivity contribution in [2.75, 3.05) is 57.3 Å². The van der Waals surface area contributed by atoms with Gasteiger partial charge in [-0.05, 0) is 32.3 Å². The van der Waals surface area contributed by atoms with E-state index in [-0.39, 0.29) is 0 Å². The summed E-state index contributed by atoms with van der Waals surface area (Å²) >= 11 is 6.44. The highest BCUT2D eigenvalue weighted by Crippen LogP contribution is 2.37. The summed E-state index contributed by atoms with van der Waals surface area (Å²) in [6.45, 7) is 1.74. The van der Waals surface area contributed by atoms with Gasteiger partial charge in [-0.15, -0.1) is 0 Å². The number of nitrogens with two attached hydrogens (primary N) is 1. The van der Waals surface area contributed by atoms with Gasteiger partial charge in [0.1, 0.15) is 11.4 Å². The lowest BCUT2D eigenvalue weighted by molar-refractivity contribution is 0.413. The number of hydrogen-bond acceptors (Lipinski definition) is 8. The number of methoxy groups -OCH3 is 1. The summed E-state index contributed by atoms with van der Waals surface area (Å²) in [5.74, 6) is 1.01. The number of hydrogen-bond donors (Lipinski definition) is 2. The summed E-state index contributed by atoms with van der Waals surface area (Å²) in [6.07, 6.45) is 5.30. The van der Waals surface area contributed by atoms with E-state index >= 15 is 0 Å². The molecule has 0 amide bonds. The number of rotatable bonds is 8. The molecular weight excluding hydrogens is 452 g/mol. The molecule has 10 heteroatoms. The topological polar surface area (TPSA) is 97.4 Å². The summed E-state index contributed by atoms with van der Waals surface area (Å²) in [4.78, 5) is 17.8. The summed E-state index contributed by atoms with van der Waals surface area (Å²) in [5, 5.41) is 4.67. The minimum absolute atomic E-state index is 0.374. The van der Waals surface area contributed by atoms with Gasteiger partial charge in [0.15, 0.2) is 0 Å². The fraction of sp³-hybridized carbons (Fsp3) is 0.292. The quantitative estimate of drug-likeness (QED) is 0.365. The average Bonchev–Trinajstić information content (AvgIpc) is 3.19. The van der Waals surface area contributed by atoms with Crippen LogP contribution in [0.2, 0.25) is 5.02 Å². The Kier molecular flexibility index (Phi) is 6.76. The van der Waals surface area contributed by atoms with Gasteiger partial charge in [-0.3, -0.25) is 0 Å². The molecule has 0 fully saturated rings. The number of pyridine rings is 1. The number of halogens is 1. The standard InChI is InChI=1S/C24H29ClN8O/c1-31(2)8-9-32(3)20-12-21(34-5)19(11-18(20)26)29-24-28-14-17(25)22(30-24)16-10-15-6-7-33(4)23(15)27-13-16/h6-7,10-14H,8-9,26H2,1-5H3,(H,28,29,30). The lowest BCUT2D eigenvalue weighted by atomic mass is 10.1. The molecule has 1 aromatic carbocycles. The Balaban J connectivity index is 1.64. The molecule has 0 aliphatic heterocycles. The molecular formula is C24H29ClN8O. The molecule has 9 nitrogen and oxygen atoms in total. The van der Waals surface area contributed by atoms with Crippen LogP contribution in [0.5, 0.6) is 5.75 Å². The van der Waals surface area contributed by atoms with Crippen LogP contribution in [-0.4, -0.2) is 65.8 Å². The maximum Gasteiger partial charge on any atom is 0.227 e. The summed E-state index contributed by atoms with van der Waals surface area (Å²) in [7, 11) is 9.67. The van der Waals surface area contributed by atoms with Crippen LogP contribution in [0.15, 0.2) is 42.9 Å². The predicted molar refractivity (Wildman–Crippen MR) is 139 cm³/mol. The molecule has 178 valence electrons. The predicted octanol–water partition coefficient (Wildman–Crippen LogP) is 4.02. The summed E-state index contributed by atoms with van der Waals surface area (Å²) in [5.41, 5.74) is 10.8. The molecule has 0 aliphatic carbocycles. The van der Waals surface area contributed by atoms with E-state index in [9.17, 15) is 0 Å². The third-order valence-corrected chi connectivity index (χ3v) is 5.89. The van der Waals surface area contributed by atoms with Crippen molar-refractivity contribution >= 4 is 45.6 Å². The van der Waals surface area contributed by atoms with Crippen LogP contribution in [-0.2, 0) is 7.05 Å². The first kappa shape index (κ1) is 23.6. The highest BCUT2D eigenvalue weighted by molar-refractivity contribution is 6.33. The van der Waals surface area contributed by atoms with Crippen LogP contribution < -0.4 is 20.7 Å². The molecule has 0 bridgehead atoms. The lowest BCUT2D eigenvalue weighted by Gasteiger charge is -2.24. The Morgan fingerprint density at radius 3 is 2.65 bits per heavy atom. The number of likely N-dealkylation sites (N-methyl/N-ethyl adjacent to an activating group) is 2. The van der Waals surface area contributed by atoms with Crippen LogP contribution in [0.1, 0.15) is 0 Å². The smallest absolute Gasteiger partial charge is 0.227 e. The van der Waals surface area contributed by atoms with Gasteiger partial charge in [-0.25, -0.2) is 15.0 Å². The maximum absolute atomic E-state index is 6.44. The monoisotopic (exact) mass is 480 g/mol. The van der Waals surface area contributed by atoms with E-state index in [0.29, 0.717) is 33.8 Å². The molecule has 0 saturated heterocycles. The summed E-state index contributed by atoms with van der Waals surface area (Å²) in [6, 6.07) is 7.76. The number of aromatic nitrogens is 4. The normalized spacial score (nSPS) is 11.3. The first-order valence-electron chi connectivity index (χ1n) is 10.8. The number of benzene rings is 1. The average molecular weight is 481 g/mol. The Morgan fingerprint density at radius 1 is 1.12 bits per heavy atom. The van der Waals surface area contributed by atoms with Gasteiger partial charge in [-0.1, -0.05) is 11.6 Å². The van der Waals surface area contributed by atoms with Gasteiger partial charge in [-0.2, -0.15) is 0 Å². The molecule has 34 heavy (non-hydrogen) atoms. The maximum atomic E-state index is 6.44. The van der Waals surface area contributed by atoms with Gasteiger partial charge >= 0.3 is 0 Å².